The van der Waals surface area contributed by atoms with Gasteiger partial charge in [-0.1, -0.05) is 18.2 Å². The number of nitriles is 1. The highest BCUT2D eigenvalue weighted by Gasteiger charge is 2.25. The van der Waals surface area contributed by atoms with E-state index in [1.54, 1.807) is 0 Å². The van der Waals surface area contributed by atoms with Gasteiger partial charge in [-0.3, -0.25) is 0 Å². The highest BCUT2D eigenvalue weighted by atomic mass is 15.2. The minimum absolute atomic E-state index is 0.230. The molecule has 0 spiro atoms. The van der Waals surface area contributed by atoms with Crippen molar-refractivity contribution < 1.29 is 0 Å². The first-order valence-electron chi connectivity index (χ1n) is 6.79. The maximum atomic E-state index is 9.12. The maximum absolute atomic E-state index is 9.12. The van der Waals surface area contributed by atoms with Crippen LogP contribution in [0.15, 0.2) is 24.3 Å². The van der Waals surface area contributed by atoms with Crippen LogP contribution in [0.1, 0.15) is 39.2 Å². The largest absolute Gasteiger partial charge is 0.369 e. The van der Waals surface area contributed by atoms with Gasteiger partial charge in [0, 0.05) is 18.3 Å². The zero-order valence-corrected chi connectivity index (χ0v) is 11.6. The Kier molecular flexibility index (Phi) is 3.61. The molecule has 2 rings (SSSR count). The molecule has 2 heteroatoms. The SMILES string of the molecule is CC1CCc2ccccc2N1CCC(C)(C)C#N. The van der Waals surface area contributed by atoms with Crippen molar-refractivity contribution >= 4 is 5.69 Å². The van der Waals surface area contributed by atoms with Gasteiger partial charge in [0.05, 0.1) is 11.5 Å². The molecule has 1 aliphatic heterocycles. The number of hydrogen-bond acceptors (Lipinski definition) is 2. The average Bonchev–Trinajstić information content (AvgIpc) is 2.37. The van der Waals surface area contributed by atoms with Gasteiger partial charge >= 0.3 is 0 Å². The molecule has 0 N–H and O–H groups in total. The monoisotopic (exact) mass is 242 g/mol. The molecule has 18 heavy (non-hydrogen) atoms. The number of benzene rings is 1. The van der Waals surface area contributed by atoms with Gasteiger partial charge in [0.15, 0.2) is 0 Å². The Morgan fingerprint density at radius 2 is 2.11 bits per heavy atom. The fraction of sp³-hybridized carbons (Fsp3) is 0.562. The van der Waals surface area contributed by atoms with E-state index in [-0.39, 0.29) is 5.41 Å². The van der Waals surface area contributed by atoms with Crippen LogP contribution in [0.5, 0.6) is 0 Å². The van der Waals surface area contributed by atoms with Crippen molar-refractivity contribution in [1.82, 2.24) is 0 Å². The highest BCUT2D eigenvalue weighted by Crippen LogP contribution is 2.32. The summed E-state index contributed by atoms with van der Waals surface area (Å²) in [4.78, 5) is 2.47. The van der Waals surface area contributed by atoms with Crippen LogP contribution >= 0.6 is 0 Å². The first-order chi connectivity index (χ1) is 8.53. The molecule has 1 atom stereocenters. The smallest absolute Gasteiger partial charge is 0.0684 e. The molecule has 1 aromatic carbocycles. The van der Waals surface area contributed by atoms with E-state index in [1.807, 2.05) is 13.8 Å². The predicted molar refractivity (Wildman–Crippen MR) is 75.6 cm³/mol. The van der Waals surface area contributed by atoms with E-state index in [9.17, 15) is 0 Å². The van der Waals surface area contributed by atoms with E-state index < -0.39 is 0 Å². The topological polar surface area (TPSA) is 27.0 Å². The van der Waals surface area contributed by atoms with Gasteiger partial charge in [-0.15, -0.1) is 0 Å². The molecule has 1 aromatic rings. The van der Waals surface area contributed by atoms with Crippen LogP contribution in [0.25, 0.3) is 0 Å². The van der Waals surface area contributed by atoms with Gasteiger partial charge in [-0.25, -0.2) is 0 Å². The second kappa shape index (κ2) is 5.02. The van der Waals surface area contributed by atoms with Gasteiger partial charge in [0.2, 0.25) is 0 Å². The summed E-state index contributed by atoms with van der Waals surface area (Å²) in [6.07, 6.45) is 3.31. The molecule has 96 valence electrons. The lowest BCUT2D eigenvalue weighted by Gasteiger charge is -2.38. The van der Waals surface area contributed by atoms with Crippen LogP contribution in [0.4, 0.5) is 5.69 Å². The van der Waals surface area contributed by atoms with Gasteiger partial charge < -0.3 is 4.90 Å². The first-order valence-corrected chi connectivity index (χ1v) is 6.79. The average molecular weight is 242 g/mol. The van der Waals surface area contributed by atoms with Crippen molar-refractivity contribution in [2.75, 3.05) is 11.4 Å². The van der Waals surface area contributed by atoms with E-state index >= 15 is 0 Å². The Hall–Kier alpha value is -1.49. The molecule has 2 nitrogen and oxygen atoms in total. The lowest BCUT2D eigenvalue weighted by atomic mass is 9.89. The Bertz CT molecular complexity index is 456. The third-order valence-corrected chi connectivity index (χ3v) is 3.94. The summed E-state index contributed by atoms with van der Waals surface area (Å²) in [5, 5.41) is 9.12. The number of rotatable bonds is 3. The molecule has 0 saturated carbocycles. The lowest BCUT2D eigenvalue weighted by molar-refractivity contribution is 0.431. The number of fused-ring (bicyclic) bond motifs is 1. The van der Waals surface area contributed by atoms with Crippen LogP contribution in [-0.2, 0) is 6.42 Å². The van der Waals surface area contributed by atoms with Crippen molar-refractivity contribution in [2.24, 2.45) is 5.41 Å². The van der Waals surface area contributed by atoms with Gasteiger partial charge in [-0.2, -0.15) is 5.26 Å². The Balaban J connectivity index is 2.15. The standard InChI is InChI=1S/C16H22N2/c1-13-8-9-14-6-4-5-7-15(14)18(13)11-10-16(2,3)12-17/h4-7,13H,8-11H2,1-3H3. The van der Waals surface area contributed by atoms with Crippen molar-refractivity contribution in [3.63, 3.8) is 0 Å². The Labute approximate surface area is 110 Å². The first kappa shape index (κ1) is 13.0. The molecule has 0 saturated heterocycles. The van der Waals surface area contributed by atoms with Crippen molar-refractivity contribution in [1.29, 1.82) is 5.26 Å². The summed E-state index contributed by atoms with van der Waals surface area (Å²) >= 11 is 0. The van der Waals surface area contributed by atoms with Gasteiger partial charge in [0.25, 0.3) is 0 Å². The second-order valence-electron chi connectivity index (χ2n) is 5.96. The maximum Gasteiger partial charge on any atom is 0.0684 e. The number of hydrogen-bond donors (Lipinski definition) is 0. The molecule has 0 bridgehead atoms. The molecule has 0 radical (unpaired) electrons. The quantitative estimate of drug-likeness (QED) is 0.806. The minimum Gasteiger partial charge on any atom is -0.369 e. The highest BCUT2D eigenvalue weighted by molar-refractivity contribution is 5.56. The molecular weight excluding hydrogens is 220 g/mol. The normalized spacial score (nSPS) is 19.2. The molecule has 0 amide bonds. The van der Waals surface area contributed by atoms with Gasteiger partial charge in [0.1, 0.15) is 0 Å². The van der Waals surface area contributed by atoms with Crippen LogP contribution in [0, 0.1) is 16.7 Å². The predicted octanol–water partition coefficient (Wildman–Crippen LogP) is 3.77. The summed E-state index contributed by atoms with van der Waals surface area (Å²) in [5.41, 5.74) is 2.59. The van der Waals surface area contributed by atoms with Crippen molar-refractivity contribution in [3.05, 3.63) is 29.8 Å². The van der Waals surface area contributed by atoms with E-state index in [1.165, 1.54) is 24.1 Å². The molecule has 1 aliphatic rings. The van der Waals surface area contributed by atoms with Crippen LogP contribution in [0.3, 0.4) is 0 Å². The third-order valence-electron chi connectivity index (χ3n) is 3.94. The molecule has 1 heterocycles. The van der Waals surface area contributed by atoms with Crippen LogP contribution in [-0.4, -0.2) is 12.6 Å². The summed E-state index contributed by atoms with van der Waals surface area (Å²) in [7, 11) is 0. The molecule has 0 fully saturated rings. The van der Waals surface area contributed by atoms with Crippen molar-refractivity contribution in [3.8, 4) is 6.07 Å². The number of para-hydroxylation sites is 1. The lowest BCUT2D eigenvalue weighted by Crippen LogP contribution is -2.39. The third kappa shape index (κ3) is 2.67. The Morgan fingerprint density at radius 1 is 1.39 bits per heavy atom. The van der Waals surface area contributed by atoms with Crippen LogP contribution in [0.2, 0.25) is 0 Å². The Morgan fingerprint density at radius 3 is 2.83 bits per heavy atom. The van der Waals surface area contributed by atoms with E-state index in [0.29, 0.717) is 6.04 Å². The molecule has 0 aliphatic carbocycles. The number of aryl methyl sites for hydroxylation is 1. The number of anilines is 1. The number of nitrogens with zero attached hydrogens (tertiary/aromatic N) is 2. The summed E-state index contributed by atoms with van der Waals surface area (Å²) in [6.45, 7) is 7.30. The minimum atomic E-state index is -0.230. The fourth-order valence-electron chi connectivity index (χ4n) is 2.56. The van der Waals surface area contributed by atoms with E-state index in [0.717, 1.165) is 13.0 Å². The zero-order valence-electron chi connectivity index (χ0n) is 11.6. The van der Waals surface area contributed by atoms with Crippen molar-refractivity contribution in [2.45, 2.75) is 46.1 Å². The summed E-state index contributed by atoms with van der Waals surface area (Å²) in [6, 6.07) is 11.6. The van der Waals surface area contributed by atoms with E-state index in [4.69, 9.17) is 5.26 Å². The second-order valence-corrected chi connectivity index (χ2v) is 5.96. The molecular formula is C16H22N2. The van der Waals surface area contributed by atoms with Crippen LogP contribution < -0.4 is 4.90 Å². The summed E-state index contributed by atoms with van der Waals surface area (Å²) in [5.74, 6) is 0. The summed E-state index contributed by atoms with van der Waals surface area (Å²) < 4.78 is 0. The van der Waals surface area contributed by atoms with E-state index in [2.05, 4.69) is 42.2 Å². The fourth-order valence-corrected chi connectivity index (χ4v) is 2.56. The molecule has 1 unspecified atom stereocenters. The van der Waals surface area contributed by atoms with Gasteiger partial charge in [-0.05, 0) is 51.7 Å². The zero-order chi connectivity index (χ0) is 13.2. The molecule has 0 aromatic heterocycles.